The molecule has 0 spiro atoms. The second kappa shape index (κ2) is 7.49. The zero-order chi connectivity index (χ0) is 17.9. The molecule has 134 valence electrons. The smallest absolute Gasteiger partial charge is 0.155 e. The van der Waals surface area contributed by atoms with Crippen LogP contribution in [0.5, 0.6) is 0 Å². The van der Waals surface area contributed by atoms with Crippen LogP contribution in [0.15, 0.2) is 48.5 Å². The number of hydrogen-bond acceptors (Lipinski definition) is 3. The Bertz CT molecular complexity index is 687. The number of nitrogens with one attached hydrogen (secondary N) is 1. The van der Waals surface area contributed by atoms with Crippen LogP contribution in [0.2, 0.25) is 0 Å². The second-order valence-electron chi connectivity index (χ2n) is 6.65. The van der Waals surface area contributed by atoms with Gasteiger partial charge < -0.3 is 15.0 Å². The fourth-order valence-electron chi connectivity index (χ4n) is 3.86. The van der Waals surface area contributed by atoms with Crippen molar-refractivity contribution in [2.45, 2.75) is 52.4 Å². The molecule has 2 aromatic carbocycles. The van der Waals surface area contributed by atoms with Crippen LogP contribution in [0, 0.1) is 0 Å². The Labute approximate surface area is 152 Å². The van der Waals surface area contributed by atoms with Crippen LogP contribution in [0.1, 0.15) is 57.9 Å². The number of anilines is 2. The molecule has 1 atom stereocenters. The van der Waals surface area contributed by atoms with E-state index >= 15 is 0 Å². The average Bonchev–Trinajstić information content (AvgIpc) is 2.68. The molecule has 1 aliphatic rings. The molecule has 3 rings (SSSR count). The predicted octanol–water partition coefficient (Wildman–Crippen LogP) is 5.69. The van der Waals surface area contributed by atoms with Crippen LogP contribution >= 0.6 is 0 Å². The minimum absolute atomic E-state index is 0.111. The summed E-state index contributed by atoms with van der Waals surface area (Å²) in [7, 11) is 0. The summed E-state index contributed by atoms with van der Waals surface area (Å²) in [6.07, 6.45) is 1.83. The molecule has 3 heteroatoms. The molecule has 0 fully saturated rings. The van der Waals surface area contributed by atoms with Gasteiger partial charge in [-0.2, -0.15) is 0 Å². The van der Waals surface area contributed by atoms with E-state index in [9.17, 15) is 0 Å². The van der Waals surface area contributed by atoms with Crippen LogP contribution in [-0.4, -0.2) is 13.1 Å². The maximum atomic E-state index is 6.61. The summed E-state index contributed by atoms with van der Waals surface area (Å²) in [6, 6.07) is 17.3. The van der Waals surface area contributed by atoms with Crippen molar-refractivity contribution in [3.8, 4) is 0 Å². The Morgan fingerprint density at radius 3 is 2.16 bits per heavy atom. The summed E-state index contributed by atoms with van der Waals surface area (Å²) in [4.78, 5) is 2.36. The van der Waals surface area contributed by atoms with E-state index < -0.39 is 0 Å². The van der Waals surface area contributed by atoms with Gasteiger partial charge in [0.2, 0.25) is 0 Å². The van der Waals surface area contributed by atoms with Gasteiger partial charge in [-0.05, 0) is 44.9 Å². The Morgan fingerprint density at radius 1 is 0.920 bits per heavy atom. The van der Waals surface area contributed by atoms with Crippen molar-refractivity contribution in [2.24, 2.45) is 0 Å². The normalized spacial score (nSPS) is 18.3. The summed E-state index contributed by atoms with van der Waals surface area (Å²) >= 11 is 0. The molecule has 0 radical (unpaired) electrons. The molecule has 3 nitrogen and oxygen atoms in total. The number of para-hydroxylation sites is 1. The molecule has 1 heterocycles. The summed E-state index contributed by atoms with van der Waals surface area (Å²) in [5, 5.41) is 3.58. The molecular formula is C22H30N2O. The van der Waals surface area contributed by atoms with Gasteiger partial charge in [0, 0.05) is 35.6 Å². The molecule has 2 aromatic rings. The average molecular weight is 338 g/mol. The zero-order valence-corrected chi connectivity index (χ0v) is 15.9. The number of fused-ring (bicyclic) bond motifs is 1. The largest absolute Gasteiger partial charge is 0.372 e. The fourth-order valence-corrected chi connectivity index (χ4v) is 3.86. The molecule has 0 unspecified atom stereocenters. The van der Waals surface area contributed by atoms with E-state index in [1.807, 2.05) is 0 Å². The quantitative estimate of drug-likeness (QED) is 0.732. The van der Waals surface area contributed by atoms with E-state index in [2.05, 4.69) is 86.4 Å². The molecule has 0 bridgehead atoms. The molecule has 0 aliphatic carbocycles. The maximum Gasteiger partial charge on any atom is 0.155 e. The van der Waals surface area contributed by atoms with E-state index in [0.29, 0.717) is 0 Å². The van der Waals surface area contributed by atoms with Gasteiger partial charge in [0.1, 0.15) is 0 Å². The zero-order valence-electron chi connectivity index (χ0n) is 15.9. The highest BCUT2D eigenvalue weighted by atomic mass is 16.5. The second-order valence-corrected chi connectivity index (χ2v) is 6.65. The topological polar surface area (TPSA) is 24.5 Å². The SMILES string of the molecule is CCN(CC)c1ccc([C@@H]2Nc3ccccc3C(CC)(CC)O2)cc1. The van der Waals surface area contributed by atoms with Crippen LogP contribution in [-0.2, 0) is 10.3 Å². The Balaban J connectivity index is 1.91. The summed E-state index contributed by atoms with van der Waals surface area (Å²) < 4.78 is 6.61. The van der Waals surface area contributed by atoms with Crippen molar-refractivity contribution in [1.29, 1.82) is 0 Å². The highest BCUT2D eigenvalue weighted by molar-refractivity contribution is 5.57. The van der Waals surface area contributed by atoms with Gasteiger partial charge in [-0.25, -0.2) is 0 Å². The lowest BCUT2D eigenvalue weighted by Crippen LogP contribution is -2.37. The van der Waals surface area contributed by atoms with Crippen LogP contribution in [0.25, 0.3) is 0 Å². The monoisotopic (exact) mass is 338 g/mol. The third-order valence-electron chi connectivity index (χ3n) is 5.51. The van der Waals surface area contributed by atoms with E-state index in [1.165, 1.54) is 22.5 Å². The minimum Gasteiger partial charge on any atom is -0.372 e. The maximum absolute atomic E-state index is 6.61. The Morgan fingerprint density at radius 2 is 1.56 bits per heavy atom. The lowest BCUT2D eigenvalue weighted by atomic mass is 9.85. The van der Waals surface area contributed by atoms with E-state index in [4.69, 9.17) is 4.74 Å². The summed E-state index contributed by atoms with van der Waals surface area (Å²) in [5.74, 6) is 0. The predicted molar refractivity (Wildman–Crippen MR) is 106 cm³/mol. The first-order valence-corrected chi connectivity index (χ1v) is 9.56. The molecule has 0 saturated heterocycles. The first-order chi connectivity index (χ1) is 12.2. The molecule has 25 heavy (non-hydrogen) atoms. The molecule has 0 aromatic heterocycles. The summed E-state index contributed by atoms with van der Waals surface area (Å²) in [6.45, 7) is 10.9. The lowest BCUT2D eigenvalue weighted by molar-refractivity contribution is -0.103. The van der Waals surface area contributed by atoms with Crippen molar-refractivity contribution in [3.63, 3.8) is 0 Å². The Hall–Kier alpha value is -2.00. The van der Waals surface area contributed by atoms with Gasteiger partial charge in [0.25, 0.3) is 0 Å². The van der Waals surface area contributed by atoms with Crippen molar-refractivity contribution < 1.29 is 4.74 Å². The molecule has 1 aliphatic heterocycles. The summed E-state index contributed by atoms with van der Waals surface area (Å²) in [5.41, 5.74) is 4.69. The van der Waals surface area contributed by atoms with Crippen LogP contribution < -0.4 is 10.2 Å². The van der Waals surface area contributed by atoms with Crippen LogP contribution in [0.4, 0.5) is 11.4 Å². The molecule has 1 N–H and O–H groups in total. The standard InChI is InChI=1S/C22H30N2O/c1-5-22(6-2)19-11-9-10-12-20(19)23-21(25-22)17-13-15-18(16-14-17)24(7-3)8-4/h9-16,21,23H,5-8H2,1-4H3/t21-/m1/s1. The van der Waals surface area contributed by atoms with Gasteiger partial charge in [-0.1, -0.05) is 44.2 Å². The first-order valence-electron chi connectivity index (χ1n) is 9.56. The molecule has 0 amide bonds. The molecule has 0 saturated carbocycles. The number of nitrogens with zero attached hydrogens (tertiary/aromatic N) is 1. The first kappa shape index (κ1) is 17.8. The third kappa shape index (κ3) is 3.25. The van der Waals surface area contributed by atoms with Crippen molar-refractivity contribution in [1.82, 2.24) is 0 Å². The van der Waals surface area contributed by atoms with Crippen LogP contribution in [0.3, 0.4) is 0 Å². The highest BCUT2D eigenvalue weighted by Crippen LogP contribution is 2.45. The van der Waals surface area contributed by atoms with E-state index in [-0.39, 0.29) is 11.8 Å². The van der Waals surface area contributed by atoms with Gasteiger partial charge in [-0.15, -0.1) is 0 Å². The highest BCUT2D eigenvalue weighted by Gasteiger charge is 2.38. The fraction of sp³-hybridized carbons (Fsp3) is 0.455. The van der Waals surface area contributed by atoms with Crippen molar-refractivity contribution in [2.75, 3.05) is 23.3 Å². The van der Waals surface area contributed by atoms with Gasteiger partial charge in [0.05, 0.1) is 5.60 Å². The third-order valence-corrected chi connectivity index (χ3v) is 5.51. The van der Waals surface area contributed by atoms with Gasteiger partial charge in [0.15, 0.2) is 6.23 Å². The minimum atomic E-state index is -0.218. The molecular weight excluding hydrogens is 308 g/mol. The van der Waals surface area contributed by atoms with E-state index in [1.54, 1.807) is 0 Å². The van der Waals surface area contributed by atoms with Crippen molar-refractivity contribution >= 4 is 11.4 Å². The van der Waals surface area contributed by atoms with Gasteiger partial charge in [-0.3, -0.25) is 0 Å². The number of benzene rings is 2. The number of rotatable bonds is 6. The van der Waals surface area contributed by atoms with Gasteiger partial charge >= 0.3 is 0 Å². The lowest BCUT2D eigenvalue weighted by Gasteiger charge is -2.43. The van der Waals surface area contributed by atoms with Crippen molar-refractivity contribution in [3.05, 3.63) is 59.7 Å². The number of ether oxygens (including phenoxy) is 1. The Kier molecular flexibility index (Phi) is 5.33. The number of hydrogen-bond donors (Lipinski definition) is 1. The van der Waals surface area contributed by atoms with E-state index in [0.717, 1.165) is 25.9 Å².